The number of nitrogens with one attached hydrogen (secondary N) is 3. The van der Waals surface area contributed by atoms with Crippen LogP contribution in [-0.2, 0) is 50.7 Å². The van der Waals surface area contributed by atoms with Crippen LogP contribution in [0.4, 0.5) is 4.79 Å². The van der Waals surface area contributed by atoms with Crippen molar-refractivity contribution < 1.29 is 47.7 Å². The van der Waals surface area contributed by atoms with Crippen LogP contribution in [0.2, 0.25) is 18.1 Å². The van der Waals surface area contributed by atoms with Crippen molar-refractivity contribution in [3.63, 3.8) is 0 Å². The monoisotopic (exact) mass is 1110 g/mol. The highest BCUT2D eigenvalue weighted by Crippen LogP contribution is 2.44. The summed E-state index contributed by atoms with van der Waals surface area (Å²) in [5.41, 5.74) is 5.78. The number of nitrogens with zero attached hydrogens (tertiary/aromatic N) is 2. The standard InChI is InChI=1S/C54H76IN5O10Si/c1-34(2)46(57-48(62)41-26-27-54(8)68-45(36(4)47(41)69-54)25-16-12-15-24-44(35(3)32-55)70-71(9,10)53(5,6)7)49(63)56-43(31-38-21-17-22-40(61)30-38)50(64)59-28-18-23-42(58-59)51(65)60-39(33-67-52(60)66)29-37-19-13-11-14-20-37/h11-17,19-22,25,30,32,34,36,39,41-47,58,61H,18,23-24,26-29,31,33H2,1-10H3,(H,56,63)(H,57,62)/b15-12+,25-16+,35-32+/t36-,39-,41+,42-,43-,44-,45-,46-,47+,54?/m0/s1. The molecule has 4 N–H and O–H groups in total. The summed E-state index contributed by atoms with van der Waals surface area (Å²) >= 11 is 2.28. The van der Waals surface area contributed by atoms with Crippen molar-refractivity contribution in [3.05, 3.63) is 99.7 Å². The quantitative estimate of drug-likeness (QED) is 0.0638. The summed E-state index contributed by atoms with van der Waals surface area (Å²) in [4.78, 5) is 71.5. The van der Waals surface area contributed by atoms with Gasteiger partial charge in [0, 0.05) is 25.3 Å². The van der Waals surface area contributed by atoms with Gasteiger partial charge in [0.15, 0.2) is 14.1 Å². The summed E-state index contributed by atoms with van der Waals surface area (Å²) in [6.45, 7) is 21.3. The van der Waals surface area contributed by atoms with E-state index in [0.717, 1.165) is 16.9 Å². The lowest BCUT2D eigenvalue weighted by Crippen LogP contribution is -2.64. The third kappa shape index (κ3) is 14.2. The van der Waals surface area contributed by atoms with Gasteiger partial charge in [-0.1, -0.05) is 131 Å². The van der Waals surface area contributed by atoms with Crippen LogP contribution >= 0.6 is 22.6 Å². The number of hydrogen-bond donors (Lipinski definition) is 4. The van der Waals surface area contributed by atoms with Gasteiger partial charge in [0.1, 0.15) is 30.5 Å². The molecule has 2 bridgehead atoms. The number of benzene rings is 2. The summed E-state index contributed by atoms with van der Waals surface area (Å²) in [5.74, 6) is -3.94. The molecule has 6 rings (SSSR count). The SMILES string of the molecule is C/C(=C\I)[C@H](C/C=C/C=C/[C@@H]1OC2(C)CC[C@@H](C(=O)N[C@H](C(=O)N[C@@H](Cc3cccc(O)c3)C(=O)N3CCC[C@@H](C(=O)N4C(=O)OC[C@@H]4Cc4ccccc4)N3)C(C)C)[C@H](O2)[C@H]1C)O[Si](C)(C)C(C)(C)C. The van der Waals surface area contributed by atoms with Gasteiger partial charge < -0.3 is 34.4 Å². The highest BCUT2D eigenvalue weighted by molar-refractivity contribution is 14.1. The number of cyclic esters (lactones) is 1. The summed E-state index contributed by atoms with van der Waals surface area (Å²) in [6, 6.07) is 12.4. The molecule has 4 aliphatic heterocycles. The first kappa shape index (κ1) is 55.9. The molecule has 71 heavy (non-hydrogen) atoms. The van der Waals surface area contributed by atoms with Crippen LogP contribution in [0.5, 0.6) is 5.75 Å². The van der Waals surface area contributed by atoms with Gasteiger partial charge in [-0.05, 0) is 103 Å². The van der Waals surface area contributed by atoms with E-state index in [1.165, 1.54) is 22.7 Å². The first-order valence-electron chi connectivity index (χ1n) is 25.1. The molecular weight excluding hydrogens is 1030 g/mol. The minimum Gasteiger partial charge on any atom is -0.508 e. The lowest BCUT2D eigenvalue weighted by molar-refractivity contribution is -0.344. The van der Waals surface area contributed by atoms with Gasteiger partial charge in [0.25, 0.3) is 11.8 Å². The highest BCUT2D eigenvalue weighted by Gasteiger charge is 2.52. The number of amides is 5. The van der Waals surface area contributed by atoms with Crippen LogP contribution in [0.15, 0.2) is 88.6 Å². The predicted molar refractivity (Wildman–Crippen MR) is 283 cm³/mol. The number of phenolic OH excluding ortho intramolecular Hbond substituents is 1. The van der Waals surface area contributed by atoms with Crippen LogP contribution in [0, 0.1) is 17.8 Å². The van der Waals surface area contributed by atoms with Gasteiger partial charge in [-0.2, -0.15) is 0 Å². The van der Waals surface area contributed by atoms with Crippen LogP contribution in [-0.4, -0.2) is 114 Å². The fraction of sp³-hybridized carbons (Fsp3) is 0.574. The number of rotatable bonds is 18. The Kier molecular flexibility index (Phi) is 19.0. The number of hydrogen-bond acceptors (Lipinski definition) is 11. The average Bonchev–Trinajstić information content (AvgIpc) is 3.69. The molecule has 0 spiro atoms. The summed E-state index contributed by atoms with van der Waals surface area (Å²) in [6.07, 6.45) is 9.51. The molecule has 2 aromatic rings. The van der Waals surface area contributed by atoms with E-state index in [0.29, 0.717) is 37.7 Å². The molecule has 15 nitrogen and oxygen atoms in total. The Morgan fingerprint density at radius 2 is 1.75 bits per heavy atom. The molecule has 4 aliphatic rings. The number of hydrazine groups is 1. The number of carbonyl (C=O) groups is 5. The molecular formula is C54H76IN5O10Si. The van der Waals surface area contributed by atoms with Crippen molar-refractivity contribution >= 4 is 60.6 Å². The zero-order valence-corrected chi connectivity index (χ0v) is 46.3. The molecule has 4 heterocycles. The van der Waals surface area contributed by atoms with Crippen molar-refractivity contribution in [1.82, 2.24) is 26.0 Å². The van der Waals surface area contributed by atoms with Crippen molar-refractivity contribution in [3.8, 4) is 5.75 Å². The Morgan fingerprint density at radius 3 is 2.42 bits per heavy atom. The number of ether oxygens (including phenoxy) is 3. The molecule has 0 aliphatic carbocycles. The Labute approximate surface area is 435 Å². The molecule has 2 aromatic carbocycles. The fourth-order valence-electron chi connectivity index (χ4n) is 9.45. The van der Waals surface area contributed by atoms with Gasteiger partial charge in [-0.25, -0.2) is 15.1 Å². The molecule has 4 fully saturated rings. The Morgan fingerprint density at radius 1 is 1.03 bits per heavy atom. The van der Waals surface area contributed by atoms with E-state index >= 15 is 0 Å². The molecule has 5 amide bonds. The number of phenols is 1. The van der Waals surface area contributed by atoms with Gasteiger partial charge in [-0.3, -0.25) is 24.2 Å². The second-order valence-electron chi connectivity index (χ2n) is 21.7. The number of imide groups is 1. The summed E-state index contributed by atoms with van der Waals surface area (Å²) in [5, 5.41) is 17.7. The summed E-state index contributed by atoms with van der Waals surface area (Å²) < 4.78 is 27.2. The topological polar surface area (TPSA) is 185 Å². The number of halogens is 1. The lowest BCUT2D eigenvalue weighted by atomic mass is 9.79. The predicted octanol–water partition coefficient (Wildman–Crippen LogP) is 8.42. The van der Waals surface area contributed by atoms with E-state index < -0.39 is 74.1 Å². The number of aromatic hydroxyl groups is 1. The van der Waals surface area contributed by atoms with E-state index in [4.69, 9.17) is 18.6 Å². The van der Waals surface area contributed by atoms with Crippen LogP contribution in [0.25, 0.3) is 0 Å². The van der Waals surface area contributed by atoms with E-state index in [2.05, 4.69) is 89.6 Å². The third-order valence-corrected chi connectivity index (χ3v) is 20.2. The summed E-state index contributed by atoms with van der Waals surface area (Å²) in [7, 11) is -2.00. The minimum absolute atomic E-state index is 0.00497. The van der Waals surface area contributed by atoms with Crippen LogP contribution in [0.1, 0.15) is 98.6 Å². The normalized spacial score (nSPS) is 26.6. The highest BCUT2D eigenvalue weighted by atomic mass is 127. The van der Waals surface area contributed by atoms with Gasteiger partial charge >= 0.3 is 6.09 Å². The molecule has 0 saturated carbocycles. The number of allylic oxidation sites excluding steroid dienone is 2. The Balaban J connectivity index is 1.12. The molecule has 0 radical (unpaired) electrons. The van der Waals surface area contributed by atoms with Crippen LogP contribution < -0.4 is 16.1 Å². The maximum Gasteiger partial charge on any atom is 0.417 e. The van der Waals surface area contributed by atoms with Crippen LogP contribution in [0.3, 0.4) is 0 Å². The molecule has 4 saturated heterocycles. The van der Waals surface area contributed by atoms with Crippen molar-refractivity contribution in [2.75, 3.05) is 13.2 Å². The van der Waals surface area contributed by atoms with Gasteiger partial charge in [-0.15, -0.1) is 0 Å². The fourth-order valence-corrected chi connectivity index (χ4v) is 11.2. The lowest BCUT2D eigenvalue weighted by Gasteiger charge is -2.51. The first-order chi connectivity index (χ1) is 33.5. The zero-order chi connectivity index (χ0) is 51.8. The maximum absolute atomic E-state index is 14.6. The third-order valence-electron chi connectivity index (χ3n) is 14.7. The van der Waals surface area contributed by atoms with E-state index in [1.54, 1.807) is 12.1 Å². The van der Waals surface area contributed by atoms with Gasteiger partial charge in [0.05, 0.1) is 30.3 Å². The Bertz CT molecular complexity index is 2300. The van der Waals surface area contributed by atoms with Crippen molar-refractivity contribution in [2.45, 2.75) is 167 Å². The second-order valence-corrected chi connectivity index (χ2v) is 27.1. The van der Waals surface area contributed by atoms with Gasteiger partial charge in [0.2, 0.25) is 11.8 Å². The molecule has 0 aromatic heterocycles. The molecule has 1 unspecified atom stereocenters. The maximum atomic E-state index is 14.6. The second kappa shape index (κ2) is 24.1. The van der Waals surface area contributed by atoms with Crippen molar-refractivity contribution in [2.24, 2.45) is 17.8 Å². The van der Waals surface area contributed by atoms with E-state index in [9.17, 15) is 29.1 Å². The van der Waals surface area contributed by atoms with E-state index in [1.807, 2.05) is 76.3 Å². The average molecular weight is 1110 g/mol. The number of fused-ring (bicyclic) bond motifs is 2. The van der Waals surface area contributed by atoms with E-state index in [-0.39, 0.29) is 60.3 Å². The largest absolute Gasteiger partial charge is 0.508 e. The molecule has 388 valence electrons. The minimum atomic E-state index is -2.00. The zero-order valence-electron chi connectivity index (χ0n) is 43.1. The smallest absolute Gasteiger partial charge is 0.417 e. The van der Waals surface area contributed by atoms with Crippen molar-refractivity contribution in [1.29, 1.82) is 0 Å². The molecule has 17 heteroatoms. The first-order valence-corrected chi connectivity index (χ1v) is 29.3. The Hall–Kier alpha value is -4.40. The number of carbonyl (C=O) groups excluding carboxylic acids is 5. The molecule has 10 atom stereocenters.